The Balaban J connectivity index is 1.44. The number of ether oxygens (including phenoxy) is 3. The Labute approximate surface area is 224 Å². The van der Waals surface area contributed by atoms with E-state index in [2.05, 4.69) is 19.2 Å². The lowest BCUT2D eigenvalue weighted by atomic mass is 9.43. The van der Waals surface area contributed by atoms with Crippen molar-refractivity contribution in [3.05, 3.63) is 35.9 Å². The van der Waals surface area contributed by atoms with Gasteiger partial charge in [-0.2, -0.15) is 0 Å². The zero-order valence-corrected chi connectivity index (χ0v) is 22.3. The van der Waals surface area contributed by atoms with Gasteiger partial charge in [0.05, 0.1) is 0 Å². The molecule has 5 rings (SSSR count). The van der Waals surface area contributed by atoms with E-state index in [9.17, 15) is 19.2 Å². The van der Waals surface area contributed by atoms with Crippen molar-refractivity contribution in [2.75, 3.05) is 0 Å². The van der Waals surface area contributed by atoms with E-state index >= 15 is 0 Å². The summed E-state index contributed by atoms with van der Waals surface area (Å²) >= 11 is 0. The van der Waals surface area contributed by atoms with Crippen LogP contribution in [0.4, 0.5) is 0 Å². The van der Waals surface area contributed by atoms with Crippen LogP contribution in [0.5, 0.6) is 0 Å². The van der Waals surface area contributed by atoms with Gasteiger partial charge in [0, 0.05) is 23.8 Å². The number of nitrogens with one attached hydrogen (secondary N) is 1. The molecule has 1 aromatic carbocycles. The Bertz CT molecular complexity index is 1030. The fourth-order valence-electron chi connectivity index (χ4n) is 9.13. The van der Waals surface area contributed by atoms with Gasteiger partial charge in [0.25, 0.3) is 19.4 Å². The second-order valence-electron chi connectivity index (χ2n) is 12.3. The molecule has 8 nitrogen and oxygen atoms in total. The molecule has 206 valence electrons. The summed E-state index contributed by atoms with van der Waals surface area (Å²) in [6, 6.07) is 9.82. The molecular weight excluding hydrogens is 486 g/mol. The third kappa shape index (κ3) is 4.39. The lowest BCUT2D eigenvalue weighted by molar-refractivity contribution is -0.216. The molecule has 4 fully saturated rings. The molecule has 1 aromatic rings. The standard InChI is InChI=1S/C30H39NO7/c1-29-11-10-21(36-16-32)12-20(29)13-25(37-17-33)27-22-8-9-23(28(35)31-15-19-6-4-3-5-7-19)30(22,2)26(38-18-34)14-24(27)29/h3-7,16-18,20-27H,8-15H2,1-2H3,(H,31,35)/t20-,21-,22+,23?,24+,25-,26+,27+,29+,30+/m1/s1. The first-order chi connectivity index (χ1) is 18.4. The van der Waals surface area contributed by atoms with E-state index in [4.69, 9.17) is 14.2 Å². The second kappa shape index (κ2) is 10.7. The van der Waals surface area contributed by atoms with Crippen LogP contribution in [0.2, 0.25) is 0 Å². The van der Waals surface area contributed by atoms with Gasteiger partial charge in [-0.05, 0) is 73.7 Å². The summed E-state index contributed by atoms with van der Waals surface area (Å²) in [5.74, 6) is 0.216. The number of carbonyl (C=O) groups is 4. The first-order valence-corrected chi connectivity index (χ1v) is 14.0. The van der Waals surface area contributed by atoms with Gasteiger partial charge in [0.2, 0.25) is 5.91 Å². The predicted octanol–water partition coefficient (Wildman–Crippen LogP) is 3.81. The van der Waals surface area contributed by atoms with Gasteiger partial charge in [-0.1, -0.05) is 44.2 Å². The molecule has 0 aliphatic heterocycles. The van der Waals surface area contributed by atoms with Gasteiger partial charge in [0.1, 0.15) is 18.3 Å². The molecule has 0 saturated heterocycles. The van der Waals surface area contributed by atoms with E-state index in [-0.39, 0.29) is 53.1 Å². The highest BCUT2D eigenvalue weighted by molar-refractivity contribution is 5.80. The average molecular weight is 526 g/mol. The lowest BCUT2D eigenvalue weighted by Crippen LogP contribution is -2.63. The van der Waals surface area contributed by atoms with E-state index in [0.29, 0.717) is 45.2 Å². The largest absolute Gasteiger partial charge is 0.465 e. The van der Waals surface area contributed by atoms with Crippen molar-refractivity contribution < 1.29 is 33.4 Å². The first-order valence-electron chi connectivity index (χ1n) is 14.0. The molecule has 4 saturated carbocycles. The summed E-state index contributed by atoms with van der Waals surface area (Å²) in [5, 5.41) is 3.13. The summed E-state index contributed by atoms with van der Waals surface area (Å²) in [7, 11) is 0. The minimum Gasteiger partial charge on any atom is -0.465 e. The van der Waals surface area contributed by atoms with Crippen molar-refractivity contribution in [3.63, 3.8) is 0 Å². The second-order valence-corrected chi connectivity index (χ2v) is 12.3. The molecule has 0 radical (unpaired) electrons. The molecule has 0 aromatic heterocycles. The Hall–Kier alpha value is -2.90. The highest BCUT2D eigenvalue weighted by Gasteiger charge is 2.68. The molecule has 1 N–H and O–H groups in total. The molecule has 8 heteroatoms. The Morgan fingerprint density at radius 3 is 2.37 bits per heavy atom. The van der Waals surface area contributed by atoms with Gasteiger partial charge in [-0.3, -0.25) is 19.2 Å². The normalized spacial score (nSPS) is 41.4. The summed E-state index contributed by atoms with van der Waals surface area (Å²) in [6.45, 7) is 6.47. The van der Waals surface area contributed by atoms with Crippen molar-refractivity contribution in [3.8, 4) is 0 Å². The van der Waals surface area contributed by atoms with Crippen molar-refractivity contribution >= 4 is 25.3 Å². The lowest BCUT2D eigenvalue weighted by Gasteiger charge is -2.63. The zero-order valence-electron chi connectivity index (χ0n) is 22.3. The number of hydrogen-bond donors (Lipinski definition) is 1. The van der Waals surface area contributed by atoms with Gasteiger partial charge < -0.3 is 19.5 Å². The van der Waals surface area contributed by atoms with E-state index in [0.717, 1.165) is 31.2 Å². The summed E-state index contributed by atoms with van der Waals surface area (Å²) < 4.78 is 17.0. The summed E-state index contributed by atoms with van der Waals surface area (Å²) in [5.41, 5.74) is 0.411. The van der Waals surface area contributed by atoms with Crippen LogP contribution < -0.4 is 5.32 Å². The molecule has 0 heterocycles. The predicted molar refractivity (Wildman–Crippen MR) is 137 cm³/mol. The van der Waals surface area contributed by atoms with Crippen molar-refractivity contribution in [1.82, 2.24) is 5.32 Å². The van der Waals surface area contributed by atoms with Crippen LogP contribution in [-0.4, -0.2) is 43.6 Å². The number of amides is 1. The van der Waals surface area contributed by atoms with Gasteiger partial charge in [0.15, 0.2) is 0 Å². The molecule has 4 aliphatic rings. The highest BCUT2D eigenvalue weighted by Crippen LogP contribution is 2.68. The number of carbonyl (C=O) groups excluding carboxylic acids is 4. The monoisotopic (exact) mass is 525 g/mol. The third-order valence-electron chi connectivity index (χ3n) is 11.0. The van der Waals surface area contributed by atoms with Crippen LogP contribution in [-0.2, 0) is 39.9 Å². The van der Waals surface area contributed by atoms with Gasteiger partial charge in [-0.25, -0.2) is 0 Å². The maximum absolute atomic E-state index is 13.6. The minimum atomic E-state index is -0.561. The first kappa shape index (κ1) is 26.7. The summed E-state index contributed by atoms with van der Waals surface area (Å²) in [6.07, 6.45) is 4.47. The Morgan fingerprint density at radius 2 is 1.66 bits per heavy atom. The molecule has 1 unspecified atom stereocenters. The quantitative estimate of drug-likeness (QED) is 0.386. The average Bonchev–Trinajstić information content (AvgIpc) is 3.27. The van der Waals surface area contributed by atoms with Crippen LogP contribution in [0.1, 0.15) is 64.4 Å². The number of benzene rings is 1. The Morgan fingerprint density at radius 1 is 0.921 bits per heavy atom. The minimum absolute atomic E-state index is 0.0175. The number of fused-ring (bicyclic) bond motifs is 5. The fraction of sp³-hybridized carbons (Fsp3) is 0.667. The Kier molecular flexibility index (Phi) is 7.51. The molecule has 10 atom stereocenters. The molecule has 38 heavy (non-hydrogen) atoms. The fourth-order valence-corrected chi connectivity index (χ4v) is 9.13. The van der Waals surface area contributed by atoms with E-state index < -0.39 is 11.5 Å². The van der Waals surface area contributed by atoms with Crippen molar-refractivity contribution in [2.24, 2.45) is 40.4 Å². The van der Waals surface area contributed by atoms with Crippen LogP contribution in [0.15, 0.2) is 30.3 Å². The summed E-state index contributed by atoms with van der Waals surface area (Å²) in [4.78, 5) is 48.0. The van der Waals surface area contributed by atoms with Crippen molar-refractivity contribution in [1.29, 1.82) is 0 Å². The van der Waals surface area contributed by atoms with Crippen LogP contribution in [0.3, 0.4) is 0 Å². The highest BCUT2D eigenvalue weighted by atomic mass is 16.5. The molecule has 1 amide bonds. The number of hydrogen-bond acceptors (Lipinski definition) is 7. The maximum atomic E-state index is 13.6. The van der Waals surface area contributed by atoms with Gasteiger partial charge in [-0.15, -0.1) is 0 Å². The van der Waals surface area contributed by atoms with Crippen LogP contribution >= 0.6 is 0 Å². The number of rotatable bonds is 9. The zero-order chi connectivity index (χ0) is 26.9. The van der Waals surface area contributed by atoms with E-state index in [1.165, 1.54) is 0 Å². The molecule has 4 aliphatic carbocycles. The van der Waals surface area contributed by atoms with Crippen molar-refractivity contribution in [2.45, 2.75) is 83.6 Å². The van der Waals surface area contributed by atoms with Gasteiger partial charge >= 0.3 is 0 Å². The molecule has 0 bridgehead atoms. The third-order valence-corrected chi connectivity index (χ3v) is 11.0. The van der Waals surface area contributed by atoms with E-state index in [1.54, 1.807) is 0 Å². The maximum Gasteiger partial charge on any atom is 0.293 e. The smallest absolute Gasteiger partial charge is 0.293 e. The topological polar surface area (TPSA) is 108 Å². The van der Waals surface area contributed by atoms with Crippen LogP contribution in [0.25, 0.3) is 0 Å². The molecular formula is C30H39NO7. The SMILES string of the molecule is C[C@]12CC[C@@H](OC=O)C[C@@H]1C[C@@H](OC=O)[C@@H]1[C@@H]2C[C@H](OC=O)[C@]2(C)C(C(=O)NCc3ccccc3)CC[C@@H]12. The van der Waals surface area contributed by atoms with E-state index in [1.807, 2.05) is 30.3 Å². The molecule has 0 spiro atoms. The van der Waals surface area contributed by atoms with Crippen LogP contribution in [0, 0.1) is 40.4 Å².